The predicted molar refractivity (Wildman–Crippen MR) is 78.1 cm³/mol. The third-order valence-electron chi connectivity index (χ3n) is 2.46. The zero-order chi connectivity index (χ0) is 13.0. The summed E-state index contributed by atoms with van der Waals surface area (Å²) in [4.78, 5) is 0.388. The largest absolute Gasteiger partial charge is 0.489 e. The van der Waals surface area contributed by atoms with E-state index in [0.717, 1.165) is 21.9 Å². The quantitative estimate of drug-likeness (QED) is 0.868. The Morgan fingerprint density at radius 1 is 1.06 bits per heavy atom. The lowest BCUT2D eigenvalue weighted by molar-refractivity contribution is 0.306. The van der Waals surface area contributed by atoms with Gasteiger partial charge < -0.3 is 10.5 Å². The molecule has 0 aliphatic carbocycles. The van der Waals surface area contributed by atoms with Gasteiger partial charge in [-0.05, 0) is 42.0 Å². The maximum Gasteiger partial charge on any atom is 0.119 e. The van der Waals surface area contributed by atoms with Gasteiger partial charge in [-0.1, -0.05) is 36.0 Å². The summed E-state index contributed by atoms with van der Waals surface area (Å²) in [6, 6.07) is 15.0. The van der Waals surface area contributed by atoms with Gasteiger partial charge in [-0.2, -0.15) is 0 Å². The molecule has 2 N–H and O–H groups in total. The Balaban J connectivity index is 1.97. The number of benzene rings is 2. The van der Waals surface area contributed by atoms with Crippen LogP contribution in [-0.4, -0.2) is 4.99 Å². The number of nitrogens with two attached hydrogens (primary N) is 1. The van der Waals surface area contributed by atoms with E-state index in [2.05, 4.69) is 0 Å². The summed E-state index contributed by atoms with van der Waals surface area (Å²) in [5.41, 5.74) is 7.43. The lowest BCUT2D eigenvalue weighted by Crippen LogP contribution is -2.08. The van der Waals surface area contributed by atoms with Gasteiger partial charge in [0.2, 0.25) is 0 Å². The minimum atomic E-state index is 0.388. The summed E-state index contributed by atoms with van der Waals surface area (Å²) in [7, 11) is 0. The summed E-state index contributed by atoms with van der Waals surface area (Å²) in [5, 5.41) is 0.722. The van der Waals surface area contributed by atoms with E-state index in [-0.39, 0.29) is 0 Å². The first-order valence-electron chi connectivity index (χ1n) is 5.42. The minimum absolute atomic E-state index is 0.388. The van der Waals surface area contributed by atoms with Crippen molar-refractivity contribution in [2.24, 2.45) is 5.73 Å². The van der Waals surface area contributed by atoms with Gasteiger partial charge in [-0.25, -0.2) is 0 Å². The van der Waals surface area contributed by atoms with Crippen LogP contribution in [0.2, 0.25) is 5.02 Å². The highest BCUT2D eigenvalue weighted by molar-refractivity contribution is 7.80. The van der Waals surface area contributed by atoms with Gasteiger partial charge in [0.25, 0.3) is 0 Å². The zero-order valence-electron chi connectivity index (χ0n) is 9.60. The van der Waals surface area contributed by atoms with Crippen molar-refractivity contribution in [1.82, 2.24) is 0 Å². The van der Waals surface area contributed by atoms with Gasteiger partial charge in [-0.3, -0.25) is 0 Å². The van der Waals surface area contributed by atoms with Gasteiger partial charge in [0.15, 0.2) is 0 Å². The van der Waals surface area contributed by atoms with E-state index in [0.29, 0.717) is 11.6 Å². The van der Waals surface area contributed by atoms with Crippen LogP contribution in [-0.2, 0) is 6.61 Å². The van der Waals surface area contributed by atoms with Crippen LogP contribution in [0, 0.1) is 0 Å². The Morgan fingerprint density at radius 3 is 2.22 bits per heavy atom. The molecule has 0 heterocycles. The van der Waals surface area contributed by atoms with Crippen molar-refractivity contribution in [2.75, 3.05) is 0 Å². The lowest BCUT2D eigenvalue weighted by Gasteiger charge is -2.07. The highest BCUT2D eigenvalue weighted by Gasteiger charge is 1.98. The van der Waals surface area contributed by atoms with Crippen molar-refractivity contribution in [3.05, 3.63) is 64.7 Å². The van der Waals surface area contributed by atoms with E-state index < -0.39 is 0 Å². The number of ether oxygens (including phenoxy) is 1. The van der Waals surface area contributed by atoms with Crippen LogP contribution in [0.25, 0.3) is 0 Å². The summed E-state index contributed by atoms with van der Waals surface area (Å²) in [5.74, 6) is 0.782. The molecule has 2 aromatic rings. The van der Waals surface area contributed by atoms with Gasteiger partial charge in [0.1, 0.15) is 17.3 Å². The van der Waals surface area contributed by atoms with E-state index in [1.807, 2.05) is 48.5 Å². The monoisotopic (exact) mass is 277 g/mol. The summed E-state index contributed by atoms with van der Waals surface area (Å²) < 4.78 is 5.64. The molecular weight excluding hydrogens is 266 g/mol. The zero-order valence-corrected chi connectivity index (χ0v) is 11.2. The van der Waals surface area contributed by atoms with E-state index in [1.165, 1.54) is 0 Å². The van der Waals surface area contributed by atoms with Crippen LogP contribution in [0.1, 0.15) is 11.1 Å². The fraction of sp³-hybridized carbons (Fsp3) is 0.0714. The lowest BCUT2D eigenvalue weighted by atomic mass is 10.2. The number of hydrogen-bond donors (Lipinski definition) is 1. The van der Waals surface area contributed by atoms with Gasteiger partial charge in [-0.15, -0.1) is 0 Å². The molecule has 18 heavy (non-hydrogen) atoms. The van der Waals surface area contributed by atoms with Crippen LogP contribution < -0.4 is 10.5 Å². The predicted octanol–water partition coefficient (Wildman–Crippen LogP) is 3.55. The van der Waals surface area contributed by atoms with E-state index in [9.17, 15) is 0 Å². The van der Waals surface area contributed by atoms with E-state index in [1.54, 1.807) is 0 Å². The molecule has 0 aliphatic heterocycles. The van der Waals surface area contributed by atoms with Crippen molar-refractivity contribution in [2.45, 2.75) is 6.61 Å². The molecule has 0 radical (unpaired) electrons. The number of thiocarbonyl (C=S) groups is 1. The highest BCUT2D eigenvalue weighted by atomic mass is 35.5. The average Bonchev–Trinajstić information content (AvgIpc) is 2.38. The number of hydrogen-bond acceptors (Lipinski definition) is 2. The Morgan fingerprint density at radius 2 is 1.67 bits per heavy atom. The SMILES string of the molecule is NC(=S)c1ccc(OCc2ccc(Cl)cc2)cc1. The molecule has 0 saturated heterocycles. The molecule has 2 nitrogen and oxygen atoms in total. The second-order valence-corrected chi connectivity index (χ2v) is 4.68. The first kappa shape index (κ1) is 12.9. The van der Waals surface area contributed by atoms with Gasteiger partial charge in [0, 0.05) is 10.6 Å². The van der Waals surface area contributed by atoms with Crippen molar-refractivity contribution in [3.63, 3.8) is 0 Å². The molecule has 0 aliphatic rings. The highest BCUT2D eigenvalue weighted by Crippen LogP contribution is 2.15. The molecule has 0 bridgehead atoms. The third-order valence-corrected chi connectivity index (χ3v) is 2.95. The molecule has 0 spiro atoms. The van der Waals surface area contributed by atoms with Crippen LogP contribution in [0.5, 0.6) is 5.75 Å². The van der Waals surface area contributed by atoms with Gasteiger partial charge in [0.05, 0.1) is 0 Å². The van der Waals surface area contributed by atoms with Gasteiger partial charge >= 0.3 is 0 Å². The van der Waals surface area contributed by atoms with Crippen molar-refractivity contribution >= 4 is 28.8 Å². The van der Waals surface area contributed by atoms with Crippen LogP contribution in [0.4, 0.5) is 0 Å². The summed E-state index contributed by atoms with van der Waals surface area (Å²) in [6.07, 6.45) is 0. The molecule has 0 fully saturated rings. The second-order valence-electron chi connectivity index (χ2n) is 3.80. The molecule has 2 aromatic carbocycles. The van der Waals surface area contributed by atoms with Crippen molar-refractivity contribution in [3.8, 4) is 5.75 Å². The average molecular weight is 278 g/mol. The molecule has 92 valence electrons. The normalized spacial score (nSPS) is 10.1. The smallest absolute Gasteiger partial charge is 0.119 e. The van der Waals surface area contributed by atoms with E-state index >= 15 is 0 Å². The number of halogens is 1. The Bertz CT molecular complexity index is 537. The van der Waals surface area contributed by atoms with Crippen LogP contribution >= 0.6 is 23.8 Å². The molecule has 0 unspecified atom stereocenters. The summed E-state index contributed by atoms with van der Waals surface area (Å²) in [6.45, 7) is 0.504. The molecule has 2 rings (SSSR count). The maximum atomic E-state index is 5.81. The van der Waals surface area contributed by atoms with E-state index in [4.69, 9.17) is 34.3 Å². The summed E-state index contributed by atoms with van der Waals surface area (Å²) >= 11 is 10.7. The van der Waals surface area contributed by atoms with Crippen LogP contribution in [0.3, 0.4) is 0 Å². The Hall–Kier alpha value is -1.58. The standard InChI is InChI=1S/C14H12ClNOS/c15-12-5-1-10(2-6-12)9-17-13-7-3-11(4-8-13)14(16)18/h1-8H,9H2,(H2,16,18). The maximum absolute atomic E-state index is 5.81. The first-order chi connectivity index (χ1) is 8.65. The van der Waals surface area contributed by atoms with Crippen LogP contribution in [0.15, 0.2) is 48.5 Å². The third kappa shape index (κ3) is 3.45. The molecule has 0 amide bonds. The topological polar surface area (TPSA) is 35.2 Å². The molecular formula is C14H12ClNOS. The Kier molecular flexibility index (Phi) is 4.18. The fourth-order valence-corrected chi connectivity index (χ4v) is 1.72. The molecule has 4 heteroatoms. The van der Waals surface area contributed by atoms with Crippen molar-refractivity contribution in [1.29, 1.82) is 0 Å². The molecule has 0 atom stereocenters. The molecule has 0 saturated carbocycles. The molecule has 0 aromatic heterocycles. The second kappa shape index (κ2) is 5.85. The first-order valence-corrected chi connectivity index (χ1v) is 6.21. The number of rotatable bonds is 4. The fourth-order valence-electron chi connectivity index (χ4n) is 1.46. The minimum Gasteiger partial charge on any atom is -0.489 e. The van der Waals surface area contributed by atoms with Crippen molar-refractivity contribution < 1.29 is 4.74 Å². The Labute approximate surface area is 116 Å².